The maximum atomic E-state index is 9.01. The lowest BCUT2D eigenvalue weighted by Crippen LogP contribution is -2.25. The van der Waals surface area contributed by atoms with Gasteiger partial charge in [-0.2, -0.15) is 10.5 Å². The first kappa shape index (κ1) is 10.5. The van der Waals surface area contributed by atoms with Crippen molar-refractivity contribution in [2.24, 2.45) is 23.7 Å². The number of hydrogen-bond acceptors (Lipinski definition) is 2. The second-order valence-corrected chi connectivity index (χ2v) is 5.16. The molecule has 0 aromatic heterocycles. The van der Waals surface area contributed by atoms with Crippen LogP contribution in [0.15, 0.2) is 0 Å². The van der Waals surface area contributed by atoms with Gasteiger partial charge in [-0.25, -0.2) is 0 Å². The molecule has 0 spiro atoms. The SMILES string of the molecule is N#CC1CC(C#N)CC(C2CCCC2)C1. The molecule has 80 valence electrons. The largest absolute Gasteiger partial charge is 0.198 e. The fraction of sp³-hybridized carbons (Fsp3) is 0.846. The van der Waals surface area contributed by atoms with Crippen LogP contribution >= 0.6 is 0 Å². The van der Waals surface area contributed by atoms with Gasteiger partial charge in [-0.05, 0) is 31.1 Å². The van der Waals surface area contributed by atoms with Gasteiger partial charge in [0.1, 0.15) is 0 Å². The molecule has 2 heteroatoms. The molecule has 0 heterocycles. The van der Waals surface area contributed by atoms with Crippen molar-refractivity contribution in [3.8, 4) is 12.1 Å². The predicted octanol–water partition coefficient (Wildman–Crippen LogP) is 3.26. The number of nitriles is 2. The van der Waals surface area contributed by atoms with Crippen LogP contribution in [0.3, 0.4) is 0 Å². The molecule has 2 aliphatic rings. The van der Waals surface area contributed by atoms with Gasteiger partial charge in [0.25, 0.3) is 0 Å². The van der Waals surface area contributed by atoms with E-state index in [1.165, 1.54) is 25.7 Å². The van der Waals surface area contributed by atoms with Gasteiger partial charge in [0.2, 0.25) is 0 Å². The molecular formula is C13H18N2. The molecule has 0 aromatic rings. The number of rotatable bonds is 1. The molecule has 0 N–H and O–H groups in total. The van der Waals surface area contributed by atoms with Gasteiger partial charge in [-0.1, -0.05) is 25.7 Å². The second-order valence-electron chi connectivity index (χ2n) is 5.16. The highest BCUT2D eigenvalue weighted by molar-refractivity contribution is 4.98. The molecule has 0 aliphatic heterocycles. The van der Waals surface area contributed by atoms with Gasteiger partial charge in [0.05, 0.1) is 12.1 Å². The lowest BCUT2D eigenvalue weighted by Gasteiger charge is -2.32. The molecule has 2 fully saturated rings. The van der Waals surface area contributed by atoms with Crippen molar-refractivity contribution in [2.75, 3.05) is 0 Å². The third-order valence-corrected chi connectivity index (χ3v) is 4.18. The Labute approximate surface area is 91.9 Å². The monoisotopic (exact) mass is 202 g/mol. The zero-order valence-corrected chi connectivity index (χ0v) is 9.15. The Bertz CT molecular complexity index is 269. The number of hydrogen-bond donors (Lipinski definition) is 0. The Balaban J connectivity index is 1.99. The molecule has 0 bridgehead atoms. The predicted molar refractivity (Wildman–Crippen MR) is 57.5 cm³/mol. The molecule has 2 rings (SSSR count). The van der Waals surface area contributed by atoms with E-state index in [0.29, 0.717) is 5.92 Å². The summed E-state index contributed by atoms with van der Waals surface area (Å²) in [6, 6.07) is 4.74. The average molecular weight is 202 g/mol. The quantitative estimate of drug-likeness (QED) is 0.655. The van der Waals surface area contributed by atoms with Gasteiger partial charge in [0, 0.05) is 11.8 Å². The van der Waals surface area contributed by atoms with Crippen LogP contribution in [0, 0.1) is 46.3 Å². The van der Waals surface area contributed by atoms with E-state index >= 15 is 0 Å². The molecule has 2 saturated carbocycles. The van der Waals surface area contributed by atoms with Gasteiger partial charge in [0.15, 0.2) is 0 Å². The van der Waals surface area contributed by atoms with Crippen LogP contribution in [-0.4, -0.2) is 0 Å². The maximum Gasteiger partial charge on any atom is 0.0656 e. The molecule has 0 amide bonds. The Morgan fingerprint density at radius 1 is 0.733 bits per heavy atom. The van der Waals surface area contributed by atoms with Crippen molar-refractivity contribution in [3.63, 3.8) is 0 Å². The van der Waals surface area contributed by atoms with Crippen LogP contribution in [0.25, 0.3) is 0 Å². The zero-order chi connectivity index (χ0) is 10.7. The lowest BCUT2D eigenvalue weighted by molar-refractivity contribution is 0.194. The van der Waals surface area contributed by atoms with E-state index in [1.807, 2.05) is 0 Å². The summed E-state index contributed by atoms with van der Waals surface area (Å²) < 4.78 is 0. The summed E-state index contributed by atoms with van der Waals surface area (Å²) in [6.45, 7) is 0. The topological polar surface area (TPSA) is 47.6 Å². The highest BCUT2D eigenvalue weighted by Crippen LogP contribution is 2.42. The minimum Gasteiger partial charge on any atom is -0.198 e. The van der Waals surface area contributed by atoms with E-state index in [0.717, 1.165) is 25.2 Å². The highest BCUT2D eigenvalue weighted by Gasteiger charge is 2.34. The van der Waals surface area contributed by atoms with Crippen LogP contribution in [0.4, 0.5) is 0 Å². The first-order chi connectivity index (χ1) is 7.33. The van der Waals surface area contributed by atoms with Crippen LogP contribution in [-0.2, 0) is 0 Å². The maximum absolute atomic E-state index is 9.01. The summed E-state index contributed by atoms with van der Waals surface area (Å²) in [4.78, 5) is 0. The normalized spacial score (nSPS) is 37.1. The molecule has 0 saturated heterocycles. The Kier molecular flexibility index (Phi) is 3.27. The Hall–Kier alpha value is -1.02. The van der Waals surface area contributed by atoms with E-state index in [9.17, 15) is 0 Å². The molecular weight excluding hydrogens is 184 g/mol. The van der Waals surface area contributed by atoms with Gasteiger partial charge in [-0.3, -0.25) is 0 Å². The summed E-state index contributed by atoms with van der Waals surface area (Å²) >= 11 is 0. The summed E-state index contributed by atoms with van der Waals surface area (Å²) in [5.74, 6) is 1.77. The van der Waals surface area contributed by atoms with Crippen LogP contribution < -0.4 is 0 Å². The van der Waals surface area contributed by atoms with Crippen LogP contribution in [0.2, 0.25) is 0 Å². The third kappa shape index (κ3) is 2.32. The fourth-order valence-corrected chi connectivity index (χ4v) is 3.39. The molecule has 2 unspecified atom stereocenters. The van der Waals surface area contributed by atoms with Crippen LogP contribution in [0.1, 0.15) is 44.9 Å². The summed E-state index contributed by atoms with van der Waals surface area (Å²) in [5.41, 5.74) is 0. The van der Waals surface area contributed by atoms with E-state index in [4.69, 9.17) is 10.5 Å². The van der Waals surface area contributed by atoms with Gasteiger partial charge >= 0.3 is 0 Å². The van der Waals surface area contributed by atoms with Crippen molar-refractivity contribution in [3.05, 3.63) is 0 Å². The van der Waals surface area contributed by atoms with Crippen molar-refractivity contribution in [1.29, 1.82) is 10.5 Å². The van der Waals surface area contributed by atoms with Crippen LogP contribution in [0.5, 0.6) is 0 Å². The third-order valence-electron chi connectivity index (χ3n) is 4.18. The Morgan fingerprint density at radius 3 is 1.73 bits per heavy atom. The summed E-state index contributed by atoms with van der Waals surface area (Å²) in [5, 5.41) is 18.0. The molecule has 2 nitrogen and oxygen atoms in total. The van der Waals surface area contributed by atoms with Gasteiger partial charge < -0.3 is 0 Å². The van der Waals surface area contributed by atoms with Crippen molar-refractivity contribution >= 4 is 0 Å². The average Bonchev–Trinajstić information content (AvgIpc) is 2.81. The van der Waals surface area contributed by atoms with Crippen molar-refractivity contribution in [2.45, 2.75) is 44.9 Å². The minimum absolute atomic E-state index is 0.147. The van der Waals surface area contributed by atoms with E-state index in [-0.39, 0.29) is 11.8 Å². The van der Waals surface area contributed by atoms with E-state index in [1.54, 1.807) is 0 Å². The van der Waals surface area contributed by atoms with E-state index < -0.39 is 0 Å². The molecule has 2 atom stereocenters. The van der Waals surface area contributed by atoms with E-state index in [2.05, 4.69) is 12.1 Å². The first-order valence-corrected chi connectivity index (χ1v) is 6.12. The minimum atomic E-state index is 0.147. The number of nitrogens with zero attached hydrogens (tertiary/aromatic N) is 2. The smallest absolute Gasteiger partial charge is 0.0656 e. The molecule has 0 aromatic carbocycles. The molecule has 0 radical (unpaired) electrons. The zero-order valence-electron chi connectivity index (χ0n) is 9.15. The standard InChI is InChI=1S/C13H18N2/c14-8-10-5-11(9-15)7-13(6-10)12-3-1-2-4-12/h10-13H,1-7H2. The first-order valence-electron chi connectivity index (χ1n) is 6.12. The molecule has 15 heavy (non-hydrogen) atoms. The van der Waals surface area contributed by atoms with Crippen molar-refractivity contribution < 1.29 is 0 Å². The Morgan fingerprint density at radius 2 is 1.27 bits per heavy atom. The fourth-order valence-electron chi connectivity index (χ4n) is 3.39. The summed E-state index contributed by atoms with van der Waals surface area (Å²) in [7, 11) is 0. The molecule has 2 aliphatic carbocycles. The van der Waals surface area contributed by atoms with Crippen molar-refractivity contribution in [1.82, 2.24) is 0 Å². The highest BCUT2D eigenvalue weighted by atomic mass is 14.4. The van der Waals surface area contributed by atoms with Gasteiger partial charge in [-0.15, -0.1) is 0 Å². The lowest BCUT2D eigenvalue weighted by atomic mass is 9.71. The summed E-state index contributed by atoms with van der Waals surface area (Å²) in [6.07, 6.45) is 8.31. The second kappa shape index (κ2) is 4.67.